The normalized spacial score (nSPS) is 10.3. The number of hydrogen-bond acceptors (Lipinski definition) is 1. The largest absolute Gasteiger partial charge is 0.294 e. The van der Waals surface area contributed by atoms with Gasteiger partial charge in [-0.25, -0.2) is 8.78 Å². The summed E-state index contributed by atoms with van der Waals surface area (Å²) in [4.78, 5) is 11.4. The molecular formula is C14H10F2O. The maximum atomic E-state index is 13.6. The van der Waals surface area contributed by atoms with Crippen LogP contribution in [0.5, 0.6) is 0 Å². The van der Waals surface area contributed by atoms with E-state index in [1.54, 1.807) is 6.07 Å². The summed E-state index contributed by atoms with van der Waals surface area (Å²) in [6, 6.07) is 10.0. The third-order valence-corrected chi connectivity index (χ3v) is 2.52. The Kier molecular flexibility index (Phi) is 3.00. The predicted molar refractivity (Wildman–Crippen MR) is 61.8 cm³/mol. The van der Waals surface area contributed by atoms with E-state index >= 15 is 0 Å². The number of carbonyl (C=O) groups excluding carboxylic acids is 1. The molecule has 0 aromatic heterocycles. The number of rotatable bonds is 2. The molecule has 0 atom stereocenters. The van der Waals surface area contributed by atoms with Gasteiger partial charge in [-0.1, -0.05) is 24.3 Å². The molecule has 0 bridgehead atoms. The van der Waals surface area contributed by atoms with Crippen LogP contribution in [-0.4, -0.2) is 5.78 Å². The average molecular weight is 232 g/mol. The van der Waals surface area contributed by atoms with Crippen molar-refractivity contribution >= 4 is 5.78 Å². The standard InChI is InChI=1S/C14H10F2O/c1-9(17)14-12(3-2-4-13(14)16)10-5-7-11(15)8-6-10/h2-8H,1H3. The fourth-order valence-electron chi connectivity index (χ4n) is 1.75. The van der Waals surface area contributed by atoms with Crippen LogP contribution in [0.25, 0.3) is 11.1 Å². The molecular weight excluding hydrogens is 222 g/mol. The molecule has 2 rings (SSSR count). The van der Waals surface area contributed by atoms with Crippen molar-refractivity contribution in [2.24, 2.45) is 0 Å². The van der Waals surface area contributed by atoms with E-state index in [1.807, 2.05) is 0 Å². The number of ketones is 1. The van der Waals surface area contributed by atoms with Crippen LogP contribution in [0.1, 0.15) is 17.3 Å². The summed E-state index contributed by atoms with van der Waals surface area (Å²) in [6.07, 6.45) is 0. The quantitative estimate of drug-likeness (QED) is 0.719. The van der Waals surface area contributed by atoms with E-state index < -0.39 is 5.82 Å². The lowest BCUT2D eigenvalue weighted by atomic mass is 9.97. The Labute approximate surface area is 97.7 Å². The van der Waals surface area contributed by atoms with E-state index in [2.05, 4.69) is 0 Å². The Morgan fingerprint density at radius 2 is 1.65 bits per heavy atom. The zero-order valence-electron chi connectivity index (χ0n) is 9.21. The Balaban J connectivity index is 2.63. The molecule has 1 nitrogen and oxygen atoms in total. The van der Waals surface area contributed by atoms with Crippen molar-refractivity contribution in [2.75, 3.05) is 0 Å². The van der Waals surface area contributed by atoms with Gasteiger partial charge in [-0.15, -0.1) is 0 Å². The highest BCUT2D eigenvalue weighted by Gasteiger charge is 2.13. The minimum atomic E-state index is -0.556. The van der Waals surface area contributed by atoms with Gasteiger partial charge in [0.2, 0.25) is 0 Å². The highest BCUT2D eigenvalue weighted by atomic mass is 19.1. The molecule has 0 aliphatic rings. The van der Waals surface area contributed by atoms with Crippen LogP contribution in [0.2, 0.25) is 0 Å². The molecule has 0 spiro atoms. The second kappa shape index (κ2) is 4.45. The predicted octanol–water partition coefficient (Wildman–Crippen LogP) is 3.83. The zero-order valence-corrected chi connectivity index (χ0v) is 9.21. The molecule has 2 aromatic carbocycles. The fraction of sp³-hybridized carbons (Fsp3) is 0.0714. The molecule has 0 heterocycles. The summed E-state index contributed by atoms with van der Waals surface area (Å²) in [5.41, 5.74) is 1.15. The molecule has 86 valence electrons. The van der Waals surface area contributed by atoms with Crippen LogP contribution >= 0.6 is 0 Å². The molecule has 0 aliphatic carbocycles. The first kappa shape index (κ1) is 11.5. The van der Waals surface area contributed by atoms with Gasteiger partial charge in [-0.2, -0.15) is 0 Å². The lowest BCUT2D eigenvalue weighted by Crippen LogP contribution is -2.00. The summed E-state index contributed by atoms with van der Waals surface area (Å²) < 4.78 is 26.4. The van der Waals surface area contributed by atoms with E-state index in [9.17, 15) is 13.6 Å². The van der Waals surface area contributed by atoms with Gasteiger partial charge < -0.3 is 0 Å². The summed E-state index contributed by atoms with van der Waals surface area (Å²) in [5.74, 6) is -1.27. The molecule has 0 radical (unpaired) electrons. The third-order valence-electron chi connectivity index (χ3n) is 2.52. The van der Waals surface area contributed by atoms with Crippen LogP contribution in [0.15, 0.2) is 42.5 Å². The minimum Gasteiger partial charge on any atom is -0.294 e. The van der Waals surface area contributed by atoms with Crippen molar-refractivity contribution in [3.63, 3.8) is 0 Å². The number of benzene rings is 2. The summed E-state index contributed by atoms with van der Waals surface area (Å²) >= 11 is 0. The van der Waals surface area contributed by atoms with Crippen molar-refractivity contribution in [3.8, 4) is 11.1 Å². The van der Waals surface area contributed by atoms with Gasteiger partial charge in [0.15, 0.2) is 5.78 Å². The highest BCUT2D eigenvalue weighted by Crippen LogP contribution is 2.26. The monoisotopic (exact) mass is 232 g/mol. The summed E-state index contributed by atoms with van der Waals surface area (Å²) in [7, 11) is 0. The molecule has 3 heteroatoms. The minimum absolute atomic E-state index is 0.0408. The van der Waals surface area contributed by atoms with Crippen LogP contribution in [-0.2, 0) is 0 Å². The first-order valence-corrected chi connectivity index (χ1v) is 5.15. The summed E-state index contributed by atoms with van der Waals surface area (Å²) in [6.45, 7) is 1.31. The lowest BCUT2D eigenvalue weighted by Gasteiger charge is -2.08. The second-order valence-electron chi connectivity index (χ2n) is 3.73. The van der Waals surface area contributed by atoms with Gasteiger partial charge in [-0.3, -0.25) is 4.79 Å². The van der Waals surface area contributed by atoms with Crippen LogP contribution in [0, 0.1) is 11.6 Å². The molecule has 0 saturated carbocycles. The maximum Gasteiger partial charge on any atom is 0.163 e. The van der Waals surface area contributed by atoms with Crippen molar-refractivity contribution < 1.29 is 13.6 Å². The van der Waals surface area contributed by atoms with Gasteiger partial charge in [0.25, 0.3) is 0 Å². The van der Waals surface area contributed by atoms with E-state index in [-0.39, 0.29) is 17.2 Å². The van der Waals surface area contributed by atoms with Gasteiger partial charge in [-0.05, 0) is 36.2 Å². The maximum absolute atomic E-state index is 13.6. The smallest absolute Gasteiger partial charge is 0.163 e. The molecule has 2 aromatic rings. The number of halogens is 2. The molecule has 0 fully saturated rings. The summed E-state index contributed by atoms with van der Waals surface area (Å²) in [5, 5.41) is 0. The van der Waals surface area contributed by atoms with E-state index in [4.69, 9.17) is 0 Å². The van der Waals surface area contributed by atoms with Gasteiger partial charge in [0.1, 0.15) is 11.6 Å². The Hall–Kier alpha value is -2.03. The Morgan fingerprint density at radius 3 is 2.24 bits per heavy atom. The zero-order chi connectivity index (χ0) is 12.4. The lowest BCUT2D eigenvalue weighted by molar-refractivity contribution is 0.101. The van der Waals surface area contributed by atoms with E-state index in [1.165, 1.54) is 43.3 Å². The van der Waals surface area contributed by atoms with Crippen LogP contribution < -0.4 is 0 Å². The first-order valence-electron chi connectivity index (χ1n) is 5.15. The topological polar surface area (TPSA) is 17.1 Å². The Morgan fingerprint density at radius 1 is 1.00 bits per heavy atom. The molecule has 17 heavy (non-hydrogen) atoms. The number of Topliss-reactive ketones (excluding diaryl/α,β-unsaturated/α-hetero) is 1. The first-order chi connectivity index (χ1) is 8.09. The van der Waals surface area contributed by atoms with Crippen LogP contribution in [0.3, 0.4) is 0 Å². The number of hydrogen-bond donors (Lipinski definition) is 0. The second-order valence-corrected chi connectivity index (χ2v) is 3.73. The highest BCUT2D eigenvalue weighted by molar-refractivity contribution is 6.01. The fourth-order valence-corrected chi connectivity index (χ4v) is 1.75. The number of carbonyl (C=O) groups is 1. The molecule has 0 amide bonds. The SMILES string of the molecule is CC(=O)c1c(F)cccc1-c1ccc(F)cc1. The van der Waals surface area contributed by atoms with Crippen LogP contribution in [0.4, 0.5) is 8.78 Å². The van der Waals surface area contributed by atoms with Crippen molar-refractivity contribution in [2.45, 2.75) is 6.92 Å². The molecule has 0 saturated heterocycles. The van der Waals surface area contributed by atoms with Crippen molar-refractivity contribution in [3.05, 3.63) is 59.7 Å². The van der Waals surface area contributed by atoms with E-state index in [0.717, 1.165) is 0 Å². The van der Waals surface area contributed by atoms with Gasteiger partial charge >= 0.3 is 0 Å². The van der Waals surface area contributed by atoms with Gasteiger partial charge in [0, 0.05) is 0 Å². The van der Waals surface area contributed by atoms with E-state index in [0.29, 0.717) is 11.1 Å². The van der Waals surface area contributed by atoms with Gasteiger partial charge in [0.05, 0.1) is 5.56 Å². The third kappa shape index (κ3) is 2.23. The average Bonchev–Trinajstić information content (AvgIpc) is 2.29. The molecule has 0 aliphatic heterocycles. The van der Waals surface area contributed by atoms with Crippen molar-refractivity contribution in [1.82, 2.24) is 0 Å². The molecule has 0 N–H and O–H groups in total. The Bertz CT molecular complexity index is 559. The van der Waals surface area contributed by atoms with Crippen molar-refractivity contribution in [1.29, 1.82) is 0 Å². The molecule has 0 unspecified atom stereocenters.